The van der Waals surface area contributed by atoms with E-state index in [9.17, 15) is 0 Å². The maximum atomic E-state index is 4.48. The smallest absolute Gasteiger partial charge is 0.149 e. The van der Waals surface area contributed by atoms with Crippen LogP contribution in [0.3, 0.4) is 0 Å². The van der Waals surface area contributed by atoms with Crippen LogP contribution in [0.2, 0.25) is 0 Å². The van der Waals surface area contributed by atoms with Crippen molar-refractivity contribution >= 4 is 11.3 Å². The summed E-state index contributed by atoms with van der Waals surface area (Å²) >= 11 is 1.76. The number of imidazole rings is 1. The second-order valence-corrected chi connectivity index (χ2v) is 5.85. The van der Waals surface area contributed by atoms with Crippen LogP contribution in [-0.4, -0.2) is 22.6 Å². The third-order valence-electron chi connectivity index (χ3n) is 3.69. The minimum atomic E-state index is 0.879. The third kappa shape index (κ3) is 2.65. The Kier molecular flexibility index (Phi) is 3.76. The van der Waals surface area contributed by atoms with Crippen LogP contribution in [0, 0.1) is 5.92 Å². The molecule has 0 atom stereocenters. The Bertz CT molecular complexity index is 469. The summed E-state index contributed by atoms with van der Waals surface area (Å²) in [6.07, 6.45) is 7.94. The SMILES string of the molecule is c1csc(-c2nccn2CCC2CCNCC2)c1. The predicted molar refractivity (Wildman–Crippen MR) is 75.8 cm³/mol. The van der Waals surface area contributed by atoms with Crippen LogP contribution in [0.4, 0.5) is 0 Å². The van der Waals surface area contributed by atoms with Gasteiger partial charge in [-0.1, -0.05) is 6.07 Å². The third-order valence-corrected chi connectivity index (χ3v) is 4.56. The molecule has 0 spiro atoms. The lowest BCUT2D eigenvalue weighted by Gasteiger charge is -2.22. The van der Waals surface area contributed by atoms with Crippen molar-refractivity contribution in [2.45, 2.75) is 25.8 Å². The molecule has 0 saturated carbocycles. The summed E-state index contributed by atoms with van der Waals surface area (Å²) in [4.78, 5) is 5.75. The molecule has 1 aliphatic heterocycles. The number of aryl methyl sites for hydroxylation is 1. The van der Waals surface area contributed by atoms with Crippen molar-refractivity contribution in [3.05, 3.63) is 29.9 Å². The molecule has 0 aromatic carbocycles. The van der Waals surface area contributed by atoms with E-state index < -0.39 is 0 Å². The van der Waals surface area contributed by atoms with Crippen molar-refractivity contribution in [2.24, 2.45) is 5.92 Å². The van der Waals surface area contributed by atoms with Gasteiger partial charge in [0.1, 0.15) is 5.82 Å². The molecule has 3 nitrogen and oxygen atoms in total. The van der Waals surface area contributed by atoms with Crippen LogP contribution in [-0.2, 0) is 6.54 Å². The molecule has 0 unspecified atom stereocenters. The molecule has 4 heteroatoms. The summed E-state index contributed by atoms with van der Waals surface area (Å²) in [6, 6.07) is 4.24. The quantitative estimate of drug-likeness (QED) is 0.917. The summed E-state index contributed by atoms with van der Waals surface area (Å²) < 4.78 is 2.30. The van der Waals surface area contributed by atoms with Gasteiger partial charge in [0.25, 0.3) is 0 Å². The van der Waals surface area contributed by atoms with Gasteiger partial charge < -0.3 is 9.88 Å². The molecule has 2 aromatic rings. The van der Waals surface area contributed by atoms with Crippen molar-refractivity contribution in [3.8, 4) is 10.7 Å². The summed E-state index contributed by atoms with van der Waals surface area (Å²) in [7, 11) is 0. The van der Waals surface area contributed by atoms with Crippen molar-refractivity contribution in [1.29, 1.82) is 0 Å². The lowest BCUT2D eigenvalue weighted by Crippen LogP contribution is -2.28. The van der Waals surface area contributed by atoms with E-state index in [1.807, 2.05) is 6.20 Å². The molecular formula is C14H19N3S. The van der Waals surface area contributed by atoms with E-state index >= 15 is 0 Å². The van der Waals surface area contributed by atoms with Gasteiger partial charge in [-0.15, -0.1) is 11.3 Å². The lowest BCUT2D eigenvalue weighted by molar-refractivity contribution is 0.338. The topological polar surface area (TPSA) is 29.9 Å². The molecule has 1 N–H and O–H groups in total. The number of hydrogen-bond acceptors (Lipinski definition) is 3. The zero-order valence-corrected chi connectivity index (χ0v) is 11.3. The number of nitrogens with one attached hydrogen (secondary N) is 1. The molecule has 3 heterocycles. The van der Waals surface area contributed by atoms with Gasteiger partial charge in [-0.3, -0.25) is 0 Å². The van der Waals surface area contributed by atoms with Crippen LogP contribution in [0.5, 0.6) is 0 Å². The first-order chi connectivity index (χ1) is 8.93. The van der Waals surface area contributed by atoms with Crippen LogP contribution in [0.15, 0.2) is 29.9 Å². The minimum absolute atomic E-state index is 0.879. The molecule has 0 radical (unpaired) electrons. The molecule has 1 fully saturated rings. The first kappa shape index (κ1) is 11.9. The fourth-order valence-corrected chi connectivity index (χ4v) is 3.35. The highest BCUT2D eigenvalue weighted by molar-refractivity contribution is 7.13. The Labute approximate surface area is 112 Å². The van der Waals surface area contributed by atoms with Crippen molar-refractivity contribution in [1.82, 2.24) is 14.9 Å². The van der Waals surface area contributed by atoms with Gasteiger partial charge in [0.05, 0.1) is 4.88 Å². The Morgan fingerprint density at radius 1 is 1.39 bits per heavy atom. The predicted octanol–water partition coefficient (Wildman–Crippen LogP) is 3.00. The molecule has 18 heavy (non-hydrogen) atoms. The Balaban J connectivity index is 1.64. The van der Waals surface area contributed by atoms with Gasteiger partial charge in [-0.05, 0) is 49.7 Å². The maximum Gasteiger partial charge on any atom is 0.149 e. The van der Waals surface area contributed by atoms with E-state index in [1.165, 1.54) is 37.2 Å². The van der Waals surface area contributed by atoms with E-state index in [-0.39, 0.29) is 0 Å². The monoisotopic (exact) mass is 261 g/mol. The first-order valence-electron chi connectivity index (χ1n) is 6.69. The minimum Gasteiger partial charge on any atom is -0.330 e. The average molecular weight is 261 g/mol. The number of thiophene rings is 1. The number of aromatic nitrogens is 2. The van der Waals surface area contributed by atoms with Crippen molar-refractivity contribution in [2.75, 3.05) is 13.1 Å². The zero-order chi connectivity index (χ0) is 12.2. The number of nitrogens with zero attached hydrogens (tertiary/aromatic N) is 2. The second-order valence-electron chi connectivity index (χ2n) is 4.90. The normalized spacial score (nSPS) is 17.1. The molecule has 96 valence electrons. The van der Waals surface area contributed by atoms with E-state index in [1.54, 1.807) is 11.3 Å². The summed E-state index contributed by atoms with van der Waals surface area (Å²) in [6.45, 7) is 3.47. The highest BCUT2D eigenvalue weighted by Crippen LogP contribution is 2.24. The molecular weight excluding hydrogens is 242 g/mol. The Morgan fingerprint density at radius 3 is 3.06 bits per heavy atom. The van der Waals surface area contributed by atoms with Gasteiger partial charge in [0.2, 0.25) is 0 Å². The molecule has 3 rings (SSSR count). The van der Waals surface area contributed by atoms with Crippen LogP contribution >= 0.6 is 11.3 Å². The second kappa shape index (κ2) is 5.67. The van der Waals surface area contributed by atoms with Gasteiger partial charge in [-0.25, -0.2) is 4.98 Å². The van der Waals surface area contributed by atoms with E-state index in [0.29, 0.717) is 0 Å². The highest BCUT2D eigenvalue weighted by Gasteiger charge is 2.14. The molecule has 1 saturated heterocycles. The zero-order valence-electron chi connectivity index (χ0n) is 10.5. The first-order valence-corrected chi connectivity index (χ1v) is 7.57. The van der Waals surface area contributed by atoms with Gasteiger partial charge in [0, 0.05) is 18.9 Å². The van der Waals surface area contributed by atoms with Gasteiger partial charge >= 0.3 is 0 Å². The van der Waals surface area contributed by atoms with E-state index in [2.05, 4.69) is 38.6 Å². The molecule has 0 aliphatic carbocycles. The highest BCUT2D eigenvalue weighted by atomic mass is 32.1. The van der Waals surface area contributed by atoms with Gasteiger partial charge in [0.15, 0.2) is 0 Å². The largest absolute Gasteiger partial charge is 0.330 e. The van der Waals surface area contributed by atoms with Crippen molar-refractivity contribution < 1.29 is 0 Å². The summed E-state index contributed by atoms with van der Waals surface area (Å²) in [5, 5.41) is 5.54. The molecule has 0 bridgehead atoms. The summed E-state index contributed by atoms with van der Waals surface area (Å²) in [5.74, 6) is 2.00. The van der Waals surface area contributed by atoms with Crippen LogP contribution in [0.25, 0.3) is 10.7 Å². The fraction of sp³-hybridized carbons (Fsp3) is 0.500. The van der Waals surface area contributed by atoms with Gasteiger partial charge in [-0.2, -0.15) is 0 Å². The van der Waals surface area contributed by atoms with Crippen molar-refractivity contribution in [3.63, 3.8) is 0 Å². The van der Waals surface area contributed by atoms with Crippen LogP contribution in [0.1, 0.15) is 19.3 Å². The lowest BCUT2D eigenvalue weighted by atomic mass is 9.95. The summed E-state index contributed by atoms with van der Waals surface area (Å²) in [5.41, 5.74) is 0. The molecule has 0 amide bonds. The molecule has 1 aliphatic rings. The van der Waals surface area contributed by atoms with Crippen LogP contribution < -0.4 is 5.32 Å². The Morgan fingerprint density at radius 2 is 2.28 bits per heavy atom. The molecule has 2 aromatic heterocycles. The van der Waals surface area contributed by atoms with E-state index in [0.717, 1.165) is 18.3 Å². The average Bonchev–Trinajstić information content (AvgIpc) is 3.08. The number of piperidine rings is 1. The maximum absolute atomic E-state index is 4.48. The Hall–Kier alpha value is -1.13. The number of rotatable bonds is 4. The standard InChI is InChI=1S/C14H19N3S/c1-2-13(18-11-1)14-16-8-10-17(14)9-5-12-3-6-15-7-4-12/h1-2,8,10-12,15H,3-7,9H2. The fourth-order valence-electron chi connectivity index (χ4n) is 2.61. The van der Waals surface area contributed by atoms with E-state index in [4.69, 9.17) is 0 Å². The number of hydrogen-bond donors (Lipinski definition) is 1.